The molecule has 6 heteroatoms. The van der Waals surface area contributed by atoms with E-state index in [2.05, 4.69) is 10.4 Å². The number of fused-ring (bicyclic) bond motifs is 1. The molecule has 0 bridgehead atoms. The van der Waals surface area contributed by atoms with E-state index in [9.17, 15) is 4.79 Å². The fourth-order valence-corrected chi connectivity index (χ4v) is 3.43. The normalized spacial score (nSPS) is 11.0. The molecule has 23 heavy (non-hydrogen) atoms. The van der Waals surface area contributed by atoms with Crippen molar-refractivity contribution in [3.63, 3.8) is 0 Å². The molecule has 0 aliphatic rings. The predicted octanol–water partition coefficient (Wildman–Crippen LogP) is 3.68. The molecule has 5 nitrogen and oxygen atoms in total. The second kappa shape index (κ2) is 5.40. The number of nitrogens with one attached hydrogen (secondary N) is 1. The van der Waals surface area contributed by atoms with Crippen molar-refractivity contribution >= 4 is 33.1 Å². The molecule has 114 valence electrons. The van der Waals surface area contributed by atoms with Crippen LogP contribution in [0.15, 0.2) is 60.2 Å². The Bertz CT molecular complexity index is 964. The van der Waals surface area contributed by atoms with Crippen LogP contribution in [0.4, 0.5) is 5.69 Å². The van der Waals surface area contributed by atoms with E-state index in [4.69, 9.17) is 0 Å². The smallest absolute Gasteiger partial charge is 0.272 e. The molecule has 1 aromatic carbocycles. The van der Waals surface area contributed by atoms with Gasteiger partial charge in [0.15, 0.2) is 0 Å². The van der Waals surface area contributed by atoms with E-state index in [1.807, 2.05) is 65.7 Å². The van der Waals surface area contributed by atoms with E-state index in [0.29, 0.717) is 5.69 Å². The van der Waals surface area contributed by atoms with Gasteiger partial charge in [0.2, 0.25) is 0 Å². The maximum absolute atomic E-state index is 12.5. The van der Waals surface area contributed by atoms with E-state index in [0.717, 1.165) is 21.6 Å². The van der Waals surface area contributed by atoms with Gasteiger partial charge in [0.05, 0.1) is 15.9 Å². The number of nitrogens with zero attached hydrogens (tertiary/aromatic N) is 3. The van der Waals surface area contributed by atoms with Crippen LogP contribution in [0.1, 0.15) is 10.5 Å². The minimum atomic E-state index is -0.109. The minimum Gasteiger partial charge on any atom is -0.339 e. The number of anilines is 1. The second-order valence-corrected chi connectivity index (χ2v) is 6.16. The first-order chi connectivity index (χ1) is 11.2. The fourth-order valence-electron chi connectivity index (χ4n) is 2.58. The van der Waals surface area contributed by atoms with Gasteiger partial charge in [-0.2, -0.15) is 5.10 Å². The Morgan fingerprint density at radius 1 is 1.22 bits per heavy atom. The highest BCUT2D eigenvalue weighted by Gasteiger charge is 2.14. The monoisotopic (exact) mass is 322 g/mol. The van der Waals surface area contributed by atoms with E-state index in [1.165, 1.54) is 0 Å². The quantitative estimate of drug-likeness (QED) is 0.625. The van der Waals surface area contributed by atoms with Gasteiger partial charge in [-0.15, -0.1) is 11.3 Å². The van der Waals surface area contributed by atoms with Gasteiger partial charge in [-0.3, -0.25) is 4.79 Å². The van der Waals surface area contributed by atoms with Gasteiger partial charge >= 0.3 is 0 Å². The minimum absolute atomic E-state index is 0.109. The number of carbonyl (C=O) groups excluding carboxylic acids is 1. The van der Waals surface area contributed by atoms with E-state index >= 15 is 0 Å². The molecule has 4 aromatic rings. The number of hydrogen-bond acceptors (Lipinski definition) is 3. The molecular weight excluding hydrogens is 308 g/mol. The highest BCUT2D eigenvalue weighted by molar-refractivity contribution is 7.17. The zero-order valence-electron chi connectivity index (χ0n) is 12.4. The summed E-state index contributed by atoms with van der Waals surface area (Å²) in [5.41, 5.74) is 3.44. The van der Waals surface area contributed by atoms with Gasteiger partial charge in [-0.05, 0) is 47.8 Å². The molecule has 1 amide bonds. The highest BCUT2D eigenvalue weighted by Crippen LogP contribution is 2.24. The molecule has 0 spiro atoms. The van der Waals surface area contributed by atoms with Gasteiger partial charge in [0.25, 0.3) is 5.91 Å². The van der Waals surface area contributed by atoms with Crippen LogP contribution in [0, 0.1) is 0 Å². The highest BCUT2D eigenvalue weighted by atomic mass is 32.1. The van der Waals surface area contributed by atoms with Gasteiger partial charge in [0, 0.05) is 25.1 Å². The maximum atomic E-state index is 12.5. The molecule has 0 atom stereocenters. The Morgan fingerprint density at radius 3 is 2.74 bits per heavy atom. The maximum Gasteiger partial charge on any atom is 0.272 e. The summed E-state index contributed by atoms with van der Waals surface area (Å²) in [6, 6.07) is 13.4. The Labute approximate surface area is 136 Å². The first-order valence-electron chi connectivity index (χ1n) is 7.17. The van der Waals surface area contributed by atoms with Crippen LogP contribution in [0.5, 0.6) is 0 Å². The predicted molar refractivity (Wildman–Crippen MR) is 92.3 cm³/mol. The zero-order valence-corrected chi connectivity index (χ0v) is 13.2. The standard InChI is InChI=1S/C17H14N4OS/c1-20-14-7-10-23-16(14)11-15(20)17(22)19-12-3-5-13(6-4-12)21-9-2-8-18-21/h2-11H,1H3,(H,19,22). The molecule has 0 aliphatic carbocycles. The second-order valence-electron chi connectivity index (χ2n) is 5.21. The van der Waals surface area contributed by atoms with Crippen molar-refractivity contribution in [3.05, 3.63) is 65.9 Å². The summed E-state index contributed by atoms with van der Waals surface area (Å²) >= 11 is 1.64. The van der Waals surface area contributed by atoms with Gasteiger partial charge in [-0.25, -0.2) is 4.68 Å². The molecule has 0 fully saturated rings. The lowest BCUT2D eigenvalue weighted by Gasteiger charge is -2.07. The average Bonchev–Trinajstić information content (AvgIpc) is 3.27. The molecule has 0 unspecified atom stereocenters. The summed E-state index contributed by atoms with van der Waals surface area (Å²) < 4.78 is 4.81. The number of amides is 1. The molecule has 0 aliphatic heterocycles. The molecule has 0 saturated carbocycles. The third-order valence-corrected chi connectivity index (χ3v) is 4.64. The van der Waals surface area contributed by atoms with Crippen LogP contribution in [-0.4, -0.2) is 20.3 Å². The third kappa shape index (κ3) is 2.43. The molecule has 0 saturated heterocycles. The number of aromatic nitrogens is 3. The number of aryl methyl sites for hydroxylation is 1. The van der Waals surface area contributed by atoms with Gasteiger partial charge in [-0.1, -0.05) is 0 Å². The Balaban J connectivity index is 1.56. The summed E-state index contributed by atoms with van der Waals surface area (Å²) in [5, 5.41) is 9.15. The summed E-state index contributed by atoms with van der Waals surface area (Å²) in [5.74, 6) is -0.109. The summed E-state index contributed by atoms with van der Waals surface area (Å²) in [6.07, 6.45) is 3.61. The molecule has 0 radical (unpaired) electrons. The lowest BCUT2D eigenvalue weighted by atomic mass is 10.2. The van der Waals surface area contributed by atoms with Crippen LogP contribution in [0.25, 0.3) is 15.9 Å². The molecular formula is C17H14N4OS. The number of thiophene rings is 1. The number of carbonyl (C=O) groups is 1. The SMILES string of the molecule is Cn1c(C(=O)Nc2ccc(-n3cccn3)cc2)cc2sccc21. The van der Waals surface area contributed by atoms with Crippen molar-refractivity contribution in [1.29, 1.82) is 0 Å². The Morgan fingerprint density at radius 2 is 2.04 bits per heavy atom. The number of rotatable bonds is 3. The van der Waals surface area contributed by atoms with Crippen molar-refractivity contribution in [3.8, 4) is 5.69 Å². The molecule has 1 N–H and O–H groups in total. The van der Waals surface area contributed by atoms with Crippen LogP contribution < -0.4 is 5.32 Å². The summed E-state index contributed by atoms with van der Waals surface area (Å²) in [4.78, 5) is 12.5. The molecule has 3 heterocycles. The van der Waals surface area contributed by atoms with Crippen molar-refractivity contribution in [1.82, 2.24) is 14.3 Å². The Kier molecular flexibility index (Phi) is 3.24. The van der Waals surface area contributed by atoms with Crippen molar-refractivity contribution in [2.24, 2.45) is 7.05 Å². The van der Waals surface area contributed by atoms with E-state index in [1.54, 1.807) is 22.2 Å². The fraction of sp³-hybridized carbons (Fsp3) is 0.0588. The Hall–Kier alpha value is -2.86. The van der Waals surface area contributed by atoms with E-state index in [-0.39, 0.29) is 5.91 Å². The molecule has 3 aromatic heterocycles. The lowest BCUT2D eigenvalue weighted by molar-refractivity contribution is 0.102. The van der Waals surface area contributed by atoms with Crippen molar-refractivity contribution < 1.29 is 4.79 Å². The van der Waals surface area contributed by atoms with Crippen LogP contribution in [0.2, 0.25) is 0 Å². The van der Waals surface area contributed by atoms with Gasteiger partial charge in [0.1, 0.15) is 5.69 Å². The first kappa shape index (κ1) is 13.8. The van der Waals surface area contributed by atoms with E-state index < -0.39 is 0 Å². The lowest BCUT2D eigenvalue weighted by Crippen LogP contribution is -2.15. The van der Waals surface area contributed by atoms with Crippen LogP contribution in [0.3, 0.4) is 0 Å². The number of benzene rings is 1. The number of hydrogen-bond donors (Lipinski definition) is 1. The topological polar surface area (TPSA) is 51.9 Å². The zero-order chi connectivity index (χ0) is 15.8. The van der Waals surface area contributed by atoms with Crippen molar-refractivity contribution in [2.75, 3.05) is 5.32 Å². The third-order valence-electron chi connectivity index (χ3n) is 3.79. The van der Waals surface area contributed by atoms with Crippen LogP contribution >= 0.6 is 11.3 Å². The average molecular weight is 322 g/mol. The van der Waals surface area contributed by atoms with Gasteiger partial charge < -0.3 is 9.88 Å². The van der Waals surface area contributed by atoms with Crippen LogP contribution in [-0.2, 0) is 7.05 Å². The van der Waals surface area contributed by atoms with Crippen molar-refractivity contribution in [2.45, 2.75) is 0 Å². The molecule has 4 rings (SSSR count). The largest absolute Gasteiger partial charge is 0.339 e. The first-order valence-corrected chi connectivity index (χ1v) is 8.05. The summed E-state index contributed by atoms with van der Waals surface area (Å²) in [6.45, 7) is 0. The summed E-state index contributed by atoms with van der Waals surface area (Å²) in [7, 11) is 1.91.